The quantitative estimate of drug-likeness (QED) is 0.399. The second-order valence-electron chi connectivity index (χ2n) is 10.3. The summed E-state index contributed by atoms with van der Waals surface area (Å²) in [5, 5.41) is 0. The lowest BCUT2D eigenvalue weighted by Crippen LogP contribution is -2.28. The summed E-state index contributed by atoms with van der Waals surface area (Å²) < 4.78 is 26.2. The van der Waals surface area contributed by atoms with Crippen LogP contribution < -0.4 is 0 Å². The molecule has 0 aliphatic heterocycles. The van der Waals surface area contributed by atoms with Crippen LogP contribution in [-0.4, -0.2) is 21.1 Å². The highest BCUT2D eigenvalue weighted by atomic mass is 28.3. The Hall–Kier alpha value is -1.56. The number of pyridine rings is 1. The molecule has 1 aliphatic carbocycles. The van der Waals surface area contributed by atoms with Crippen molar-refractivity contribution in [2.45, 2.75) is 85.1 Å². The fourth-order valence-corrected chi connectivity index (χ4v) is 5.17. The standard InChI is InChI=1S/C26H37FNO2Si/c1-16(2)23-20(15-29-6)21(17-11-13-19(27)14-12-17)22(24(28-23)18-9-10-18)25(26(3,4)5)30-31(7)8/h11-14,16,18,25H,9-10,15H2,1-8H3. The molecule has 1 fully saturated rings. The molecule has 31 heavy (non-hydrogen) atoms. The molecule has 1 aliphatic rings. The Morgan fingerprint density at radius 2 is 1.74 bits per heavy atom. The Morgan fingerprint density at radius 3 is 2.19 bits per heavy atom. The summed E-state index contributed by atoms with van der Waals surface area (Å²) in [5.74, 6) is 0.512. The van der Waals surface area contributed by atoms with Gasteiger partial charge in [-0.2, -0.15) is 0 Å². The molecule has 5 heteroatoms. The van der Waals surface area contributed by atoms with Crippen molar-refractivity contribution in [3.63, 3.8) is 0 Å². The minimum Gasteiger partial charge on any atom is -0.410 e. The number of aromatic nitrogens is 1. The third-order valence-electron chi connectivity index (χ3n) is 5.73. The summed E-state index contributed by atoms with van der Waals surface area (Å²) in [7, 11) is 0.768. The van der Waals surface area contributed by atoms with E-state index in [1.165, 1.54) is 11.3 Å². The summed E-state index contributed by atoms with van der Waals surface area (Å²) in [6.45, 7) is 15.9. The van der Waals surface area contributed by atoms with Crippen molar-refractivity contribution in [3.05, 3.63) is 52.6 Å². The molecule has 0 bridgehead atoms. The Kier molecular flexibility index (Phi) is 7.39. The lowest BCUT2D eigenvalue weighted by atomic mass is 9.78. The third kappa shape index (κ3) is 5.44. The van der Waals surface area contributed by atoms with Crippen LogP contribution in [-0.2, 0) is 15.8 Å². The van der Waals surface area contributed by atoms with Crippen LogP contribution in [0.15, 0.2) is 24.3 Å². The summed E-state index contributed by atoms with van der Waals surface area (Å²) in [5.41, 5.74) is 6.57. The number of benzene rings is 1. The van der Waals surface area contributed by atoms with E-state index < -0.39 is 9.04 Å². The van der Waals surface area contributed by atoms with Gasteiger partial charge in [-0.15, -0.1) is 0 Å². The van der Waals surface area contributed by atoms with Gasteiger partial charge in [0.1, 0.15) is 5.82 Å². The van der Waals surface area contributed by atoms with Crippen LogP contribution >= 0.6 is 0 Å². The Labute approximate surface area is 189 Å². The van der Waals surface area contributed by atoms with Crippen molar-refractivity contribution in [1.29, 1.82) is 0 Å². The molecule has 0 N–H and O–H groups in total. The predicted octanol–water partition coefficient (Wildman–Crippen LogP) is 7.39. The maximum Gasteiger partial charge on any atom is 0.205 e. The van der Waals surface area contributed by atoms with Gasteiger partial charge in [0.15, 0.2) is 0 Å². The number of methoxy groups -OCH3 is 1. The molecule has 0 amide bonds. The molecule has 1 heterocycles. The molecule has 3 nitrogen and oxygen atoms in total. The zero-order valence-electron chi connectivity index (χ0n) is 20.3. The van der Waals surface area contributed by atoms with E-state index in [0.717, 1.165) is 35.2 Å². The van der Waals surface area contributed by atoms with Crippen LogP contribution in [0.2, 0.25) is 13.1 Å². The summed E-state index contributed by atoms with van der Waals surface area (Å²) in [6, 6.07) is 6.86. The molecule has 169 valence electrons. The lowest BCUT2D eigenvalue weighted by molar-refractivity contribution is 0.0855. The molecule has 3 rings (SSSR count). The minimum atomic E-state index is -0.959. The van der Waals surface area contributed by atoms with Gasteiger partial charge < -0.3 is 9.16 Å². The van der Waals surface area contributed by atoms with Gasteiger partial charge in [-0.05, 0) is 60.5 Å². The van der Waals surface area contributed by atoms with Crippen LogP contribution in [0.25, 0.3) is 11.1 Å². The molecule has 1 saturated carbocycles. The van der Waals surface area contributed by atoms with Gasteiger partial charge >= 0.3 is 0 Å². The van der Waals surface area contributed by atoms with Crippen molar-refractivity contribution in [3.8, 4) is 11.1 Å². The molecule has 0 saturated heterocycles. The number of halogens is 1. The summed E-state index contributed by atoms with van der Waals surface area (Å²) in [6.07, 6.45) is 2.24. The van der Waals surface area contributed by atoms with Crippen LogP contribution in [0.5, 0.6) is 0 Å². The van der Waals surface area contributed by atoms with Crippen molar-refractivity contribution in [1.82, 2.24) is 4.98 Å². The smallest absolute Gasteiger partial charge is 0.205 e. The van der Waals surface area contributed by atoms with Gasteiger partial charge in [0, 0.05) is 29.8 Å². The number of hydrogen-bond donors (Lipinski definition) is 0. The second kappa shape index (κ2) is 9.51. The Bertz CT molecular complexity index is 899. The maximum absolute atomic E-state index is 13.8. The topological polar surface area (TPSA) is 31.4 Å². The zero-order valence-corrected chi connectivity index (χ0v) is 21.3. The fourth-order valence-electron chi connectivity index (χ4n) is 4.23. The van der Waals surface area contributed by atoms with E-state index in [1.807, 2.05) is 12.1 Å². The molecule has 1 atom stereocenters. The van der Waals surface area contributed by atoms with Crippen molar-refractivity contribution >= 4 is 9.04 Å². The number of ether oxygens (including phenoxy) is 1. The third-order valence-corrected chi connectivity index (χ3v) is 6.44. The van der Waals surface area contributed by atoms with Gasteiger partial charge in [-0.25, -0.2) is 4.39 Å². The highest BCUT2D eigenvalue weighted by Gasteiger charge is 2.39. The fraction of sp³-hybridized carbons (Fsp3) is 0.577. The molecule has 2 aromatic rings. The maximum atomic E-state index is 13.8. The Morgan fingerprint density at radius 1 is 1.13 bits per heavy atom. The minimum absolute atomic E-state index is 0.0867. The first-order chi connectivity index (χ1) is 14.5. The van der Waals surface area contributed by atoms with E-state index in [1.54, 1.807) is 19.2 Å². The summed E-state index contributed by atoms with van der Waals surface area (Å²) in [4.78, 5) is 5.28. The van der Waals surface area contributed by atoms with Gasteiger partial charge in [0.2, 0.25) is 9.04 Å². The van der Waals surface area contributed by atoms with Gasteiger partial charge in [-0.1, -0.05) is 46.8 Å². The normalized spacial score (nSPS) is 15.7. The molecule has 1 aromatic carbocycles. The summed E-state index contributed by atoms with van der Waals surface area (Å²) >= 11 is 0. The SMILES string of the molecule is COCc1c(C(C)C)nc(C2CC2)c(C(O[Si](C)C)C(C)(C)C)c1-c1ccc(F)cc1. The molecule has 0 spiro atoms. The van der Waals surface area contributed by atoms with Gasteiger partial charge in [0.25, 0.3) is 0 Å². The molecule has 1 unspecified atom stereocenters. The van der Waals surface area contributed by atoms with Gasteiger partial charge in [-0.3, -0.25) is 4.98 Å². The number of hydrogen-bond acceptors (Lipinski definition) is 3. The zero-order chi connectivity index (χ0) is 22.9. The van der Waals surface area contributed by atoms with E-state index >= 15 is 0 Å². The lowest BCUT2D eigenvalue weighted by Gasteiger charge is -2.36. The van der Waals surface area contributed by atoms with E-state index in [4.69, 9.17) is 14.1 Å². The second-order valence-corrected chi connectivity index (χ2v) is 12.3. The average molecular weight is 443 g/mol. The van der Waals surface area contributed by atoms with E-state index in [0.29, 0.717) is 12.5 Å². The first kappa shape index (κ1) is 24.1. The predicted molar refractivity (Wildman–Crippen MR) is 127 cm³/mol. The Balaban J connectivity index is 2.43. The highest BCUT2D eigenvalue weighted by Crippen LogP contribution is 2.51. The molecular weight excluding hydrogens is 405 g/mol. The van der Waals surface area contributed by atoms with E-state index in [9.17, 15) is 4.39 Å². The van der Waals surface area contributed by atoms with Crippen LogP contribution in [0.1, 0.15) is 87.9 Å². The van der Waals surface area contributed by atoms with Crippen LogP contribution in [0.4, 0.5) is 4.39 Å². The van der Waals surface area contributed by atoms with Crippen molar-refractivity contribution in [2.24, 2.45) is 5.41 Å². The first-order valence-electron chi connectivity index (χ1n) is 11.3. The monoisotopic (exact) mass is 442 g/mol. The molecule has 1 aromatic heterocycles. The molecule has 1 radical (unpaired) electrons. The van der Waals surface area contributed by atoms with Crippen molar-refractivity contribution < 1.29 is 13.6 Å². The van der Waals surface area contributed by atoms with Crippen LogP contribution in [0.3, 0.4) is 0 Å². The number of rotatable bonds is 8. The van der Waals surface area contributed by atoms with E-state index in [2.05, 4.69) is 47.7 Å². The largest absolute Gasteiger partial charge is 0.410 e. The van der Waals surface area contributed by atoms with Crippen LogP contribution in [0, 0.1) is 11.2 Å². The first-order valence-corrected chi connectivity index (χ1v) is 13.7. The molecular formula is C26H37FNO2Si. The van der Waals surface area contributed by atoms with Crippen molar-refractivity contribution in [2.75, 3.05) is 7.11 Å². The van der Waals surface area contributed by atoms with E-state index in [-0.39, 0.29) is 23.3 Å². The highest BCUT2D eigenvalue weighted by molar-refractivity contribution is 6.48. The average Bonchev–Trinajstić information content (AvgIpc) is 3.50. The van der Waals surface area contributed by atoms with Gasteiger partial charge in [0.05, 0.1) is 18.4 Å². The number of nitrogens with zero attached hydrogens (tertiary/aromatic N) is 1.